The third-order valence-electron chi connectivity index (χ3n) is 2.02. The third kappa shape index (κ3) is 5.09. The molecular weight excluding hydrogens is 248 g/mol. The van der Waals surface area contributed by atoms with Crippen LogP contribution in [-0.4, -0.2) is 39.6 Å². The molecule has 5 nitrogen and oxygen atoms in total. The van der Waals surface area contributed by atoms with Gasteiger partial charge in [0.1, 0.15) is 6.04 Å². The van der Waals surface area contributed by atoms with E-state index in [1.165, 1.54) is 0 Å². The molecule has 0 aliphatic heterocycles. The normalized spacial score (nSPS) is 15.3. The molecule has 0 rings (SSSR count). The standard InChI is InChI=1S/C9H18N2O3S2/c1-9(2,16)6(8(13)14)11-7(12)5(10)3-4-15/h5-6,15-16H,3-4,10H2,1-2H3,(H,11,12)(H,13,14)/t5-,6+/m0/s1. The van der Waals surface area contributed by atoms with E-state index in [1.54, 1.807) is 13.8 Å². The summed E-state index contributed by atoms with van der Waals surface area (Å²) in [7, 11) is 0. The van der Waals surface area contributed by atoms with Crippen molar-refractivity contribution in [3.8, 4) is 0 Å². The Hall–Kier alpha value is -0.400. The molecule has 0 aliphatic carbocycles. The molecule has 7 heteroatoms. The van der Waals surface area contributed by atoms with Crippen molar-refractivity contribution in [1.29, 1.82) is 0 Å². The van der Waals surface area contributed by atoms with E-state index in [1.807, 2.05) is 0 Å². The van der Waals surface area contributed by atoms with Crippen LogP contribution in [0.25, 0.3) is 0 Å². The van der Waals surface area contributed by atoms with E-state index in [-0.39, 0.29) is 0 Å². The zero-order chi connectivity index (χ0) is 12.9. The molecule has 2 atom stereocenters. The second-order valence-corrected chi connectivity index (χ2v) is 5.65. The monoisotopic (exact) mass is 266 g/mol. The lowest BCUT2D eigenvalue weighted by atomic mass is 10.0. The maximum atomic E-state index is 11.5. The Labute approximate surface area is 106 Å². The van der Waals surface area contributed by atoms with Gasteiger partial charge >= 0.3 is 5.97 Å². The molecule has 0 aromatic heterocycles. The van der Waals surface area contributed by atoms with Gasteiger partial charge in [-0.25, -0.2) is 4.79 Å². The van der Waals surface area contributed by atoms with Gasteiger partial charge in [0.25, 0.3) is 0 Å². The third-order valence-corrected chi connectivity index (χ3v) is 2.53. The highest BCUT2D eigenvalue weighted by Crippen LogP contribution is 2.17. The minimum atomic E-state index is -1.13. The molecule has 4 N–H and O–H groups in total. The van der Waals surface area contributed by atoms with E-state index < -0.39 is 28.7 Å². The quantitative estimate of drug-likeness (QED) is 0.435. The number of carboxylic acids is 1. The molecule has 0 aromatic rings. The van der Waals surface area contributed by atoms with Gasteiger partial charge in [-0.3, -0.25) is 4.79 Å². The summed E-state index contributed by atoms with van der Waals surface area (Å²) in [6, 6.07) is -1.82. The maximum absolute atomic E-state index is 11.5. The summed E-state index contributed by atoms with van der Waals surface area (Å²) in [4.78, 5) is 22.5. The second-order valence-electron chi connectivity index (χ2n) is 4.05. The average Bonchev–Trinajstić information content (AvgIpc) is 2.11. The van der Waals surface area contributed by atoms with Crippen LogP contribution in [-0.2, 0) is 9.59 Å². The number of amides is 1. The minimum absolute atomic E-state index is 0.397. The summed E-state index contributed by atoms with van der Waals surface area (Å²) in [6.07, 6.45) is 0.397. The van der Waals surface area contributed by atoms with Gasteiger partial charge in [-0.2, -0.15) is 25.3 Å². The molecule has 0 aromatic carbocycles. The Balaban J connectivity index is 4.54. The van der Waals surface area contributed by atoms with E-state index >= 15 is 0 Å². The number of rotatable bonds is 6. The molecule has 0 saturated heterocycles. The fourth-order valence-electron chi connectivity index (χ4n) is 1.06. The van der Waals surface area contributed by atoms with Gasteiger partial charge in [0, 0.05) is 4.75 Å². The molecule has 0 bridgehead atoms. The van der Waals surface area contributed by atoms with Gasteiger partial charge in [0.2, 0.25) is 5.91 Å². The number of hydrogen-bond donors (Lipinski definition) is 5. The van der Waals surface area contributed by atoms with E-state index in [4.69, 9.17) is 10.8 Å². The number of hydrogen-bond acceptors (Lipinski definition) is 5. The molecule has 0 fully saturated rings. The summed E-state index contributed by atoms with van der Waals surface area (Å²) >= 11 is 8.08. The van der Waals surface area contributed by atoms with E-state index in [2.05, 4.69) is 30.6 Å². The SMILES string of the molecule is CC(C)(S)[C@H](NC(=O)[C@@H](N)CCS)C(=O)O. The van der Waals surface area contributed by atoms with E-state index in [0.29, 0.717) is 12.2 Å². The highest BCUT2D eigenvalue weighted by molar-refractivity contribution is 7.81. The van der Waals surface area contributed by atoms with Crippen LogP contribution < -0.4 is 11.1 Å². The summed E-state index contributed by atoms with van der Waals surface area (Å²) < 4.78 is -0.859. The highest BCUT2D eigenvalue weighted by atomic mass is 32.1. The molecule has 1 amide bonds. The van der Waals surface area contributed by atoms with Crippen molar-refractivity contribution < 1.29 is 14.7 Å². The molecular formula is C9H18N2O3S2. The first kappa shape index (κ1) is 15.6. The van der Waals surface area contributed by atoms with Crippen molar-refractivity contribution in [3.05, 3.63) is 0 Å². The summed E-state index contributed by atoms with van der Waals surface area (Å²) in [6.45, 7) is 3.22. The van der Waals surface area contributed by atoms with Crippen LogP contribution in [0.3, 0.4) is 0 Å². The Morgan fingerprint density at radius 3 is 2.31 bits per heavy atom. The van der Waals surface area contributed by atoms with Gasteiger partial charge < -0.3 is 16.2 Å². The van der Waals surface area contributed by atoms with Crippen molar-refractivity contribution in [2.45, 2.75) is 37.1 Å². The van der Waals surface area contributed by atoms with Gasteiger partial charge in [0.05, 0.1) is 6.04 Å². The first-order chi connectivity index (χ1) is 7.20. The molecule has 94 valence electrons. The number of carboxylic acid groups (broad SMARTS) is 1. The summed E-state index contributed by atoms with van der Waals surface area (Å²) in [5.41, 5.74) is 5.54. The van der Waals surface area contributed by atoms with E-state index in [9.17, 15) is 9.59 Å². The number of nitrogens with one attached hydrogen (secondary N) is 1. The van der Waals surface area contributed by atoms with Crippen LogP contribution in [0.4, 0.5) is 0 Å². The highest BCUT2D eigenvalue weighted by Gasteiger charge is 2.34. The van der Waals surface area contributed by atoms with Gasteiger partial charge in [-0.15, -0.1) is 0 Å². The fourth-order valence-corrected chi connectivity index (χ4v) is 1.51. The van der Waals surface area contributed by atoms with E-state index in [0.717, 1.165) is 0 Å². The molecule has 0 heterocycles. The van der Waals surface area contributed by atoms with Gasteiger partial charge in [-0.05, 0) is 26.0 Å². The van der Waals surface area contributed by atoms with Crippen LogP contribution in [0.1, 0.15) is 20.3 Å². The number of aliphatic carboxylic acids is 1. The zero-order valence-corrected chi connectivity index (χ0v) is 11.1. The van der Waals surface area contributed by atoms with Crippen molar-refractivity contribution in [2.75, 3.05) is 5.75 Å². The number of carbonyl (C=O) groups is 2. The molecule has 16 heavy (non-hydrogen) atoms. The first-order valence-electron chi connectivity index (χ1n) is 4.82. The lowest BCUT2D eigenvalue weighted by Crippen LogP contribution is -2.55. The Kier molecular flexibility index (Phi) is 6.20. The number of carbonyl (C=O) groups excluding carboxylic acids is 1. The summed E-state index contributed by atoms with van der Waals surface area (Å²) in [5.74, 6) is -1.16. The number of nitrogens with two attached hydrogens (primary N) is 1. The summed E-state index contributed by atoms with van der Waals surface area (Å²) in [5, 5.41) is 11.3. The number of thiol groups is 2. The smallest absolute Gasteiger partial charge is 0.327 e. The minimum Gasteiger partial charge on any atom is -0.480 e. The van der Waals surface area contributed by atoms with Gasteiger partial charge in [-0.1, -0.05) is 0 Å². The van der Waals surface area contributed by atoms with Crippen LogP contribution >= 0.6 is 25.3 Å². The van der Waals surface area contributed by atoms with Crippen LogP contribution in [0.5, 0.6) is 0 Å². The van der Waals surface area contributed by atoms with Crippen LogP contribution in [0, 0.1) is 0 Å². The molecule has 0 aliphatic rings. The predicted octanol–water partition coefficient (Wildman–Crippen LogP) is -0.0886. The van der Waals surface area contributed by atoms with Crippen molar-refractivity contribution >= 4 is 37.1 Å². The predicted molar refractivity (Wildman–Crippen MR) is 69.1 cm³/mol. The zero-order valence-electron chi connectivity index (χ0n) is 9.30. The lowest BCUT2D eigenvalue weighted by Gasteiger charge is -2.27. The largest absolute Gasteiger partial charge is 0.480 e. The van der Waals surface area contributed by atoms with Crippen molar-refractivity contribution in [2.24, 2.45) is 5.73 Å². The average molecular weight is 266 g/mol. The fraction of sp³-hybridized carbons (Fsp3) is 0.778. The molecule has 0 saturated carbocycles. The maximum Gasteiger partial charge on any atom is 0.327 e. The first-order valence-corrected chi connectivity index (χ1v) is 5.90. The van der Waals surface area contributed by atoms with Crippen molar-refractivity contribution in [3.63, 3.8) is 0 Å². The van der Waals surface area contributed by atoms with Crippen molar-refractivity contribution in [1.82, 2.24) is 5.32 Å². The van der Waals surface area contributed by atoms with Crippen LogP contribution in [0.2, 0.25) is 0 Å². The topological polar surface area (TPSA) is 92.4 Å². The van der Waals surface area contributed by atoms with Gasteiger partial charge in [0.15, 0.2) is 0 Å². The molecule has 0 spiro atoms. The molecule has 0 radical (unpaired) electrons. The van der Waals surface area contributed by atoms with Crippen LogP contribution in [0.15, 0.2) is 0 Å². The Morgan fingerprint density at radius 2 is 2.00 bits per heavy atom. The Morgan fingerprint density at radius 1 is 1.50 bits per heavy atom. The Bertz CT molecular complexity index is 266. The second kappa shape index (κ2) is 6.36. The lowest BCUT2D eigenvalue weighted by molar-refractivity contribution is -0.142. The molecule has 0 unspecified atom stereocenters.